The Hall–Kier alpha value is -2.83. The van der Waals surface area contributed by atoms with Gasteiger partial charge in [0.05, 0.1) is 15.6 Å². The molecule has 3 rings (SSSR count). The van der Waals surface area contributed by atoms with E-state index in [0.717, 1.165) is 19.5 Å². The molecule has 0 radical (unpaired) electrons. The maximum Gasteiger partial charge on any atom is 0.265 e. The first-order chi connectivity index (χ1) is 14.6. The lowest BCUT2D eigenvalue weighted by atomic mass is 10.1. The van der Waals surface area contributed by atoms with Gasteiger partial charge >= 0.3 is 0 Å². The molecule has 1 heterocycles. The Bertz CT molecular complexity index is 977. The van der Waals surface area contributed by atoms with Crippen LogP contribution in [0.4, 0.5) is 11.4 Å². The molecule has 5 nitrogen and oxygen atoms in total. The topological polar surface area (TPSA) is 61.4 Å². The minimum atomic E-state index is -0.245. The van der Waals surface area contributed by atoms with Crippen LogP contribution in [0.1, 0.15) is 33.4 Å². The Kier molecular flexibility index (Phi) is 7.88. The van der Waals surface area contributed by atoms with Crippen LogP contribution in [-0.2, 0) is 0 Å². The molecule has 3 aromatic rings. The number of amides is 2. The smallest absolute Gasteiger partial charge is 0.265 e. The summed E-state index contributed by atoms with van der Waals surface area (Å²) in [6.45, 7) is 4.43. The van der Waals surface area contributed by atoms with Gasteiger partial charge in [0.25, 0.3) is 11.8 Å². The summed E-state index contributed by atoms with van der Waals surface area (Å²) in [6, 6.07) is 18.6. The number of carbonyl (C=O) groups excluding carboxylic acids is 2. The number of nitrogens with zero attached hydrogens (tertiary/aromatic N) is 1. The number of carbonyl (C=O) groups is 2. The van der Waals surface area contributed by atoms with E-state index in [0.29, 0.717) is 27.7 Å². The van der Waals surface area contributed by atoms with Crippen LogP contribution in [0.25, 0.3) is 0 Å². The predicted molar refractivity (Wildman–Crippen MR) is 125 cm³/mol. The fourth-order valence-corrected chi connectivity index (χ4v) is 3.82. The van der Waals surface area contributed by atoms with Gasteiger partial charge in [-0.15, -0.1) is 11.3 Å². The zero-order chi connectivity index (χ0) is 21.3. The number of nitrogens with one attached hydrogen (secondary N) is 2. The van der Waals surface area contributed by atoms with E-state index in [2.05, 4.69) is 34.6 Å². The molecule has 0 spiro atoms. The van der Waals surface area contributed by atoms with Crippen LogP contribution in [0, 0.1) is 0 Å². The van der Waals surface area contributed by atoms with Crippen molar-refractivity contribution < 1.29 is 9.59 Å². The summed E-state index contributed by atoms with van der Waals surface area (Å²) in [5.74, 6) is -0.439. The third-order valence-electron chi connectivity index (χ3n) is 4.62. The summed E-state index contributed by atoms with van der Waals surface area (Å²) in [5, 5.41) is 7.92. The number of hydrogen-bond donors (Lipinski definition) is 2. The van der Waals surface area contributed by atoms with Crippen molar-refractivity contribution >= 4 is 46.1 Å². The summed E-state index contributed by atoms with van der Waals surface area (Å²) in [5.41, 5.74) is 2.05. The largest absolute Gasteiger partial charge is 0.372 e. The molecule has 0 aliphatic heterocycles. The van der Waals surface area contributed by atoms with E-state index >= 15 is 0 Å². The molecule has 0 bridgehead atoms. The molecule has 2 amide bonds. The van der Waals surface area contributed by atoms with Gasteiger partial charge in [-0.2, -0.15) is 0 Å². The van der Waals surface area contributed by atoms with Crippen molar-refractivity contribution in [1.82, 2.24) is 5.32 Å². The van der Waals surface area contributed by atoms with Crippen molar-refractivity contribution in [3.63, 3.8) is 0 Å². The fourth-order valence-electron chi connectivity index (χ4n) is 3.04. The second-order valence-corrected chi connectivity index (χ2v) is 8.01. The van der Waals surface area contributed by atoms with Gasteiger partial charge in [-0.1, -0.05) is 35.9 Å². The van der Waals surface area contributed by atoms with Crippen molar-refractivity contribution in [3.05, 3.63) is 81.5 Å². The van der Waals surface area contributed by atoms with Gasteiger partial charge in [-0.05, 0) is 55.1 Å². The van der Waals surface area contributed by atoms with E-state index in [1.165, 1.54) is 17.0 Å². The van der Waals surface area contributed by atoms with Crippen molar-refractivity contribution in [3.8, 4) is 0 Å². The van der Waals surface area contributed by atoms with Gasteiger partial charge in [-0.25, -0.2) is 0 Å². The van der Waals surface area contributed by atoms with Crippen LogP contribution in [0.2, 0.25) is 5.02 Å². The molecule has 0 unspecified atom stereocenters. The maximum atomic E-state index is 12.5. The monoisotopic (exact) mass is 441 g/mol. The molecule has 0 atom stereocenters. The Morgan fingerprint density at radius 2 is 1.83 bits per heavy atom. The molecule has 0 fully saturated rings. The van der Waals surface area contributed by atoms with Crippen LogP contribution >= 0.6 is 22.9 Å². The highest BCUT2D eigenvalue weighted by molar-refractivity contribution is 7.12. The van der Waals surface area contributed by atoms with Gasteiger partial charge in [-0.3, -0.25) is 9.59 Å². The standard InChI is InChI=1S/C23H24ClN3O2S/c1-2-27(18-8-4-3-5-9-18)14-7-13-25-22(28)17-11-12-19(24)20(16-17)26-23(29)21-10-6-15-30-21/h3-6,8-12,15-16H,2,7,13-14H2,1H3,(H,25,28)(H,26,29). The number of hydrogen-bond acceptors (Lipinski definition) is 4. The SMILES string of the molecule is CCN(CCCNC(=O)c1ccc(Cl)c(NC(=O)c2cccs2)c1)c1ccccc1. The number of rotatable bonds is 9. The van der Waals surface area contributed by atoms with E-state index in [1.807, 2.05) is 29.6 Å². The van der Waals surface area contributed by atoms with E-state index < -0.39 is 0 Å². The Balaban J connectivity index is 1.53. The number of para-hydroxylation sites is 1. The zero-order valence-electron chi connectivity index (χ0n) is 16.7. The highest BCUT2D eigenvalue weighted by Gasteiger charge is 2.13. The molecule has 2 N–H and O–H groups in total. The van der Waals surface area contributed by atoms with Gasteiger partial charge in [0.1, 0.15) is 0 Å². The van der Waals surface area contributed by atoms with E-state index in [9.17, 15) is 9.59 Å². The Labute approximate surface area is 185 Å². The lowest BCUT2D eigenvalue weighted by Crippen LogP contribution is -2.30. The minimum absolute atomic E-state index is 0.193. The number of halogens is 1. The lowest BCUT2D eigenvalue weighted by molar-refractivity contribution is 0.0952. The first-order valence-electron chi connectivity index (χ1n) is 9.81. The highest BCUT2D eigenvalue weighted by Crippen LogP contribution is 2.24. The number of anilines is 2. The summed E-state index contributed by atoms with van der Waals surface area (Å²) >= 11 is 7.54. The van der Waals surface area contributed by atoms with Gasteiger partial charge in [0.15, 0.2) is 0 Å². The molecule has 0 saturated heterocycles. The summed E-state index contributed by atoms with van der Waals surface area (Å²) in [4.78, 5) is 27.6. The first kappa shape index (κ1) is 21.9. The normalized spacial score (nSPS) is 10.5. The maximum absolute atomic E-state index is 12.5. The molecular weight excluding hydrogens is 418 g/mol. The molecule has 0 aliphatic rings. The minimum Gasteiger partial charge on any atom is -0.372 e. The van der Waals surface area contributed by atoms with Crippen molar-refractivity contribution in [2.75, 3.05) is 29.9 Å². The third kappa shape index (κ3) is 5.84. The van der Waals surface area contributed by atoms with Crippen LogP contribution < -0.4 is 15.5 Å². The van der Waals surface area contributed by atoms with Gasteiger partial charge < -0.3 is 15.5 Å². The lowest BCUT2D eigenvalue weighted by Gasteiger charge is -2.23. The fraction of sp³-hybridized carbons (Fsp3) is 0.217. The van der Waals surface area contributed by atoms with E-state index in [4.69, 9.17) is 11.6 Å². The van der Waals surface area contributed by atoms with E-state index in [-0.39, 0.29) is 11.8 Å². The van der Waals surface area contributed by atoms with E-state index in [1.54, 1.807) is 24.3 Å². The first-order valence-corrected chi connectivity index (χ1v) is 11.1. The van der Waals surface area contributed by atoms with Gasteiger partial charge in [0.2, 0.25) is 0 Å². The molecule has 30 heavy (non-hydrogen) atoms. The summed E-state index contributed by atoms with van der Waals surface area (Å²) in [6.07, 6.45) is 0.823. The second-order valence-electron chi connectivity index (χ2n) is 6.65. The molecule has 1 aromatic heterocycles. The molecular formula is C23H24ClN3O2S. The highest BCUT2D eigenvalue weighted by atomic mass is 35.5. The van der Waals surface area contributed by atoms with Crippen molar-refractivity contribution in [2.45, 2.75) is 13.3 Å². The molecule has 0 aliphatic carbocycles. The third-order valence-corrected chi connectivity index (χ3v) is 5.81. The van der Waals surface area contributed by atoms with Crippen LogP contribution in [-0.4, -0.2) is 31.4 Å². The molecule has 0 saturated carbocycles. The molecule has 7 heteroatoms. The summed E-state index contributed by atoms with van der Waals surface area (Å²) < 4.78 is 0. The average Bonchev–Trinajstić information content (AvgIpc) is 3.31. The zero-order valence-corrected chi connectivity index (χ0v) is 18.3. The van der Waals surface area contributed by atoms with Crippen LogP contribution in [0.15, 0.2) is 66.0 Å². The van der Waals surface area contributed by atoms with Crippen LogP contribution in [0.5, 0.6) is 0 Å². The Morgan fingerprint density at radius 1 is 1.03 bits per heavy atom. The molecule has 156 valence electrons. The predicted octanol–water partition coefficient (Wildman–Crippen LogP) is 5.30. The number of benzene rings is 2. The van der Waals surface area contributed by atoms with Gasteiger partial charge in [0, 0.05) is 30.9 Å². The average molecular weight is 442 g/mol. The van der Waals surface area contributed by atoms with Crippen molar-refractivity contribution in [2.24, 2.45) is 0 Å². The molecule has 2 aromatic carbocycles. The second kappa shape index (κ2) is 10.8. The van der Waals surface area contributed by atoms with Crippen molar-refractivity contribution in [1.29, 1.82) is 0 Å². The van der Waals surface area contributed by atoms with Crippen LogP contribution in [0.3, 0.4) is 0 Å². The number of thiophene rings is 1. The quantitative estimate of drug-likeness (QED) is 0.443. The Morgan fingerprint density at radius 3 is 2.53 bits per heavy atom. The summed E-state index contributed by atoms with van der Waals surface area (Å²) in [7, 11) is 0.